The molecule has 1 unspecified atom stereocenters. The molecule has 0 aliphatic carbocycles. The average Bonchev–Trinajstić information content (AvgIpc) is 3.28. The lowest BCUT2D eigenvalue weighted by Crippen LogP contribution is -2.42. The molecule has 0 spiro atoms. The maximum Gasteiger partial charge on any atom is 0.338 e. The van der Waals surface area contributed by atoms with Crippen molar-refractivity contribution in [2.45, 2.75) is 26.0 Å². The minimum absolute atomic E-state index is 0.179. The van der Waals surface area contributed by atoms with Crippen LogP contribution in [0.5, 0.6) is 0 Å². The third-order valence-electron chi connectivity index (χ3n) is 4.86. The summed E-state index contributed by atoms with van der Waals surface area (Å²) in [4.78, 5) is 30.8. The molecule has 0 bridgehead atoms. The minimum atomic E-state index is -0.840. The topological polar surface area (TPSA) is 77.3 Å². The summed E-state index contributed by atoms with van der Waals surface area (Å²) < 4.78 is 7.00. The molecule has 1 aromatic heterocycles. The molecule has 1 amide bonds. The molecule has 2 aromatic carbocycles. The quantitative estimate of drug-likeness (QED) is 0.654. The van der Waals surface area contributed by atoms with Gasteiger partial charge < -0.3 is 9.64 Å². The van der Waals surface area contributed by atoms with Crippen LogP contribution in [0.3, 0.4) is 0 Å². The first-order chi connectivity index (χ1) is 13.6. The normalized spacial score (nSPS) is 14.2. The van der Waals surface area contributed by atoms with Crippen molar-refractivity contribution >= 4 is 11.9 Å². The largest absolute Gasteiger partial charge is 0.449 e. The van der Waals surface area contributed by atoms with E-state index in [9.17, 15) is 9.59 Å². The molecule has 1 atom stereocenters. The predicted molar refractivity (Wildman–Crippen MR) is 102 cm³/mol. The number of hydrogen-bond donors (Lipinski definition) is 0. The Hall–Kier alpha value is -3.48. The van der Waals surface area contributed by atoms with Crippen molar-refractivity contribution < 1.29 is 14.3 Å². The molecule has 4 rings (SSSR count). The van der Waals surface area contributed by atoms with E-state index in [-0.39, 0.29) is 5.91 Å². The van der Waals surface area contributed by atoms with Gasteiger partial charge in [0.25, 0.3) is 5.91 Å². The van der Waals surface area contributed by atoms with Crippen LogP contribution in [0.2, 0.25) is 0 Å². The van der Waals surface area contributed by atoms with Gasteiger partial charge in [-0.25, -0.2) is 14.5 Å². The summed E-state index contributed by atoms with van der Waals surface area (Å²) >= 11 is 0. The first-order valence-electron chi connectivity index (χ1n) is 9.13. The standard InChI is InChI=1S/C21H20N4O3/c1-15(20(26)24-11-10-16-4-2-3-5-18(16)12-24)28-21(27)17-6-8-19(9-7-17)25-14-22-13-23-25/h2-9,13-15H,10-12H2,1H3. The first-order valence-corrected chi connectivity index (χ1v) is 9.13. The van der Waals surface area contributed by atoms with Gasteiger partial charge in [0, 0.05) is 13.1 Å². The molecule has 1 aliphatic heterocycles. The highest BCUT2D eigenvalue weighted by atomic mass is 16.5. The molecule has 0 fully saturated rings. The number of carbonyl (C=O) groups excluding carboxylic acids is 2. The molecule has 2 heterocycles. The van der Waals surface area contributed by atoms with Gasteiger partial charge in [0.05, 0.1) is 11.3 Å². The van der Waals surface area contributed by atoms with E-state index in [4.69, 9.17) is 4.74 Å². The number of esters is 1. The molecular weight excluding hydrogens is 356 g/mol. The highest BCUT2D eigenvalue weighted by molar-refractivity contribution is 5.92. The second kappa shape index (κ2) is 7.64. The van der Waals surface area contributed by atoms with Crippen LogP contribution in [0, 0.1) is 0 Å². The van der Waals surface area contributed by atoms with Gasteiger partial charge in [-0.2, -0.15) is 5.10 Å². The van der Waals surface area contributed by atoms with E-state index >= 15 is 0 Å². The smallest absolute Gasteiger partial charge is 0.338 e. The molecule has 7 nitrogen and oxygen atoms in total. The third kappa shape index (κ3) is 3.64. The summed E-state index contributed by atoms with van der Waals surface area (Å²) in [6.45, 7) is 2.79. The van der Waals surface area contributed by atoms with Crippen molar-refractivity contribution in [2.24, 2.45) is 0 Å². The Kier molecular flexibility index (Phi) is 4.89. The van der Waals surface area contributed by atoms with Gasteiger partial charge in [0.1, 0.15) is 12.7 Å². The Labute approximate surface area is 162 Å². The number of carbonyl (C=O) groups is 2. The molecule has 0 radical (unpaired) electrons. The summed E-state index contributed by atoms with van der Waals surface area (Å²) in [5, 5.41) is 4.04. The fraction of sp³-hybridized carbons (Fsp3) is 0.238. The molecule has 3 aromatic rings. The summed E-state index contributed by atoms with van der Waals surface area (Å²) in [6, 6.07) is 14.9. The maximum absolute atomic E-state index is 12.7. The van der Waals surface area contributed by atoms with Gasteiger partial charge in [0.2, 0.25) is 0 Å². The Morgan fingerprint density at radius 3 is 2.54 bits per heavy atom. The molecule has 0 N–H and O–H groups in total. The average molecular weight is 376 g/mol. The van der Waals surface area contributed by atoms with Gasteiger partial charge in [-0.05, 0) is 48.7 Å². The number of amides is 1. The van der Waals surface area contributed by atoms with Crippen LogP contribution in [0.25, 0.3) is 5.69 Å². The van der Waals surface area contributed by atoms with E-state index in [1.165, 1.54) is 11.9 Å². The second-order valence-corrected chi connectivity index (χ2v) is 6.71. The molecule has 1 aliphatic rings. The predicted octanol–water partition coefficient (Wildman–Crippen LogP) is 2.40. The van der Waals surface area contributed by atoms with Crippen LogP contribution < -0.4 is 0 Å². The number of hydrogen-bond acceptors (Lipinski definition) is 5. The Balaban J connectivity index is 1.38. The number of aromatic nitrogens is 3. The Morgan fingerprint density at radius 1 is 1.07 bits per heavy atom. The van der Waals surface area contributed by atoms with Crippen LogP contribution in [0.4, 0.5) is 0 Å². The molecule has 142 valence electrons. The molecular formula is C21H20N4O3. The van der Waals surface area contributed by atoms with E-state index < -0.39 is 12.1 Å². The number of benzene rings is 2. The minimum Gasteiger partial charge on any atom is -0.449 e. The third-order valence-corrected chi connectivity index (χ3v) is 4.86. The lowest BCUT2D eigenvalue weighted by Gasteiger charge is -2.30. The van der Waals surface area contributed by atoms with Crippen molar-refractivity contribution in [3.05, 3.63) is 77.9 Å². The van der Waals surface area contributed by atoms with Crippen LogP contribution in [0.15, 0.2) is 61.2 Å². The number of rotatable bonds is 4. The summed E-state index contributed by atoms with van der Waals surface area (Å²) in [7, 11) is 0. The molecule has 7 heteroatoms. The van der Waals surface area contributed by atoms with Gasteiger partial charge in [-0.1, -0.05) is 24.3 Å². The van der Waals surface area contributed by atoms with E-state index in [1.807, 2.05) is 18.2 Å². The number of nitrogens with zero attached hydrogens (tertiary/aromatic N) is 4. The summed E-state index contributed by atoms with van der Waals surface area (Å²) in [5.74, 6) is -0.703. The number of ether oxygens (including phenoxy) is 1. The van der Waals surface area contributed by atoms with Crippen molar-refractivity contribution in [3.8, 4) is 5.69 Å². The lowest BCUT2D eigenvalue weighted by atomic mass is 9.99. The van der Waals surface area contributed by atoms with Crippen LogP contribution in [-0.2, 0) is 22.5 Å². The van der Waals surface area contributed by atoms with Crippen LogP contribution in [0.1, 0.15) is 28.4 Å². The van der Waals surface area contributed by atoms with Gasteiger partial charge in [0.15, 0.2) is 6.10 Å². The first kappa shape index (κ1) is 17.9. The second-order valence-electron chi connectivity index (χ2n) is 6.71. The summed E-state index contributed by atoms with van der Waals surface area (Å²) in [6.07, 6.45) is 2.98. The lowest BCUT2D eigenvalue weighted by molar-refractivity contribution is -0.140. The highest BCUT2D eigenvalue weighted by Crippen LogP contribution is 2.20. The molecule has 0 saturated carbocycles. The molecule has 0 saturated heterocycles. The van der Waals surface area contributed by atoms with Crippen molar-refractivity contribution in [2.75, 3.05) is 6.54 Å². The highest BCUT2D eigenvalue weighted by Gasteiger charge is 2.27. The zero-order valence-electron chi connectivity index (χ0n) is 15.5. The number of fused-ring (bicyclic) bond motifs is 1. The van der Waals surface area contributed by atoms with Crippen molar-refractivity contribution in [1.29, 1.82) is 0 Å². The van der Waals surface area contributed by atoms with E-state index in [0.29, 0.717) is 18.7 Å². The molecule has 28 heavy (non-hydrogen) atoms. The van der Waals surface area contributed by atoms with Crippen LogP contribution >= 0.6 is 0 Å². The zero-order chi connectivity index (χ0) is 19.5. The summed E-state index contributed by atoms with van der Waals surface area (Å²) in [5.41, 5.74) is 3.57. The van der Waals surface area contributed by atoms with Crippen LogP contribution in [-0.4, -0.2) is 44.2 Å². The fourth-order valence-corrected chi connectivity index (χ4v) is 3.31. The van der Waals surface area contributed by atoms with E-state index in [1.54, 1.807) is 47.1 Å². The van der Waals surface area contributed by atoms with E-state index in [0.717, 1.165) is 17.7 Å². The maximum atomic E-state index is 12.7. The monoisotopic (exact) mass is 376 g/mol. The van der Waals surface area contributed by atoms with Crippen molar-refractivity contribution in [3.63, 3.8) is 0 Å². The zero-order valence-corrected chi connectivity index (χ0v) is 15.5. The van der Waals surface area contributed by atoms with Crippen molar-refractivity contribution in [1.82, 2.24) is 19.7 Å². The van der Waals surface area contributed by atoms with E-state index in [2.05, 4.69) is 16.1 Å². The van der Waals surface area contributed by atoms with Gasteiger partial charge >= 0.3 is 5.97 Å². The SMILES string of the molecule is CC(OC(=O)c1ccc(-n2cncn2)cc1)C(=O)N1CCc2ccccc2C1. The Morgan fingerprint density at radius 2 is 1.82 bits per heavy atom. The van der Waals surface area contributed by atoms with Gasteiger partial charge in [-0.3, -0.25) is 4.79 Å². The van der Waals surface area contributed by atoms with Gasteiger partial charge in [-0.15, -0.1) is 0 Å². The Bertz CT molecular complexity index is 983. The fourth-order valence-electron chi connectivity index (χ4n) is 3.31.